The SMILES string of the molecule is C[C](C)=[Ti]([O]c1cc(C)cc([Si](C)(C)C(C)(C)C)c1)[C]1=CC=CC1.Cl.Cl. The van der Waals surface area contributed by atoms with Crippen molar-refractivity contribution in [2.45, 2.75) is 66.1 Å². The van der Waals surface area contributed by atoms with Crippen LogP contribution in [0.5, 0.6) is 5.75 Å². The molecular formula is C21H34Cl2OSiTi. The molecule has 1 aliphatic carbocycles. The van der Waals surface area contributed by atoms with Gasteiger partial charge in [-0.3, -0.25) is 0 Å². The van der Waals surface area contributed by atoms with Gasteiger partial charge in [0.25, 0.3) is 0 Å². The molecule has 0 saturated heterocycles. The second-order valence-corrected chi connectivity index (χ2v) is 17.9. The summed E-state index contributed by atoms with van der Waals surface area (Å²) in [6.45, 7) is 18.7. The van der Waals surface area contributed by atoms with Gasteiger partial charge in [0.1, 0.15) is 0 Å². The molecule has 0 unspecified atom stereocenters. The van der Waals surface area contributed by atoms with E-state index in [9.17, 15) is 0 Å². The van der Waals surface area contributed by atoms with Gasteiger partial charge in [0.05, 0.1) is 0 Å². The van der Waals surface area contributed by atoms with Crippen LogP contribution < -0.4 is 8.51 Å². The second-order valence-electron chi connectivity index (χ2n) is 8.67. The van der Waals surface area contributed by atoms with Crippen molar-refractivity contribution in [1.29, 1.82) is 0 Å². The summed E-state index contributed by atoms with van der Waals surface area (Å²) in [6, 6.07) is 6.93. The predicted molar refractivity (Wildman–Crippen MR) is 121 cm³/mol. The zero-order chi connectivity index (χ0) is 18.1. The summed E-state index contributed by atoms with van der Waals surface area (Å²) in [5.74, 6) is 1.08. The zero-order valence-electron chi connectivity index (χ0n) is 17.4. The molecule has 0 aliphatic heterocycles. The number of benzene rings is 1. The van der Waals surface area contributed by atoms with E-state index in [-0.39, 0.29) is 24.8 Å². The molecule has 146 valence electrons. The standard InChI is InChI=1S/C13H22OSi.C5H5.C3H6.2ClH.Ti/c1-10-7-11(14)9-12(8-10)15(5,6)13(2,3)4;1-2-4-5-3-1;1-3-2;;;/h7-9,14H,1-6H3;1-3H,4H2;1-2H3;2*1H;/q;;;;;+1/p-1. The van der Waals surface area contributed by atoms with Gasteiger partial charge in [0.2, 0.25) is 0 Å². The average Bonchev–Trinajstić information content (AvgIpc) is 2.96. The van der Waals surface area contributed by atoms with Crippen LogP contribution in [0.1, 0.15) is 46.6 Å². The van der Waals surface area contributed by atoms with E-state index in [0.717, 1.165) is 12.2 Å². The Kier molecular flexibility index (Phi) is 9.84. The van der Waals surface area contributed by atoms with Crippen molar-refractivity contribution in [3.05, 3.63) is 45.9 Å². The van der Waals surface area contributed by atoms with Crippen molar-refractivity contribution in [2.24, 2.45) is 0 Å². The third-order valence-electron chi connectivity index (χ3n) is 5.38. The minimum Gasteiger partial charge on any atom is -0.147 e. The number of allylic oxidation sites excluding steroid dienone is 4. The molecule has 26 heavy (non-hydrogen) atoms. The van der Waals surface area contributed by atoms with Gasteiger partial charge in [-0.25, -0.2) is 0 Å². The molecule has 0 radical (unpaired) electrons. The van der Waals surface area contributed by atoms with E-state index in [1.165, 1.54) is 18.4 Å². The van der Waals surface area contributed by atoms with Crippen molar-refractivity contribution < 1.29 is 21.1 Å². The van der Waals surface area contributed by atoms with Gasteiger partial charge < -0.3 is 0 Å². The van der Waals surface area contributed by atoms with Crippen molar-refractivity contribution >= 4 is 41.9 Å². The maximum Gasteiger partial charge on any atom is -0.147 e. The minimum absolute atomic E-state index is 0. The van der Waals surface area contributed by atoms with Crippen LogP contribution in [-0.2, 0) is 17.8 Å². The van der Waals surface area contributed by atoms with Crippen molar-refractivity contribution in [3.63, 3.8) is 0 Å². The maximum atomic E-state index is 6.63. The van der Waals surface area contributed by atoms with E-state index >= 15 is 0 Å². The molecule has 5 heteroatoms. The number of hydrogen-bond donors (Lipinski definition) is 0. The Hall–Kier alpha value is -0.119. The van der Waals surface area contributed by atoms with E-state index in [4.69, 9.17) is 3.32 Å². The molecule has 2 rings (SSSR count). The molecule has 0 heterocycles. The summed E-state index contributed by atoms with van der Waals surface area (Å²) in [5.41, 5.74) is 1.32. The van der Waals surface area contributed by atoms with Crippen LogP contribution in [0.3, 0.4) is 0 Å². The van der Waals surface area contributed by atoms with Crippen LogP contribution in [0.4, 0.5) is 0 Å². The van der Waals surface area contributed by atoms with Gasteiger partial charge >= 0.3 is 156 Å². The van der Waals surface area contributed by atoms with Crippen molar-refractivity contribution in [2.75, 3.05) is 0 Å². The van der Waals surface area contributed by atoms with Gasteiger partial charge in [-0.2, -0.15) is 0 Å². The fourth-order valence-electron chi connectivity index (χ4n) is 2.82. The Bertz CT molecular complexity index is 724. The van der Waals surface area contributed by atoms with E-state index in [0.29, 0.717) is 5.04 Å². The quantitative estimate of drug-likeness (QED) is 0.476. The first-order valence-electron chi connectivity index (χ1n) is 8.86. The molecular weight excluding hydrogens is 415 g/mol. The summed E-state index contributed by atoms with van der Waals surface area (Å²) >= 11 is -1.81. The Morgan fingerprint density at radius 3 is 2.15 bits per heavy atom. The maximum absolute atomic E-state index is 6.63. The summed E-state index contributed by atoms with van der Waals surface area (Å²) in [4.78, 5) is 0. The first kappa shape index (κ1) is 25.9. The summed E-state index contributed by atoms with van der Waals surface area (Å²) in [6.07, 6.45) is 7.76. The smallest absolute Gasteiger partial charge is 0.147 e. The first-order chi connectivity index (χ1) is 11.0. The molecule has 0 bridgehead atoms. The molecule has 1 aromatic rings. The largest absolute Gasteiger partial charge is 0.147 e. The fourth-order valence-corrected chi connectivity index (χ4v) is 7.72. The molecule has 0 saturated carbocycles. The Balaban J connectivity index is 0.00000312. The minimum atomic E-state index is -1.81. The molecule has 0 spiro atoms. The molecule has 0 fully saturated rings. The van der Waals surface area contributed by atoms with Gasteiger partial charge in [-0.05, 0) is 0 Å². The third-order valence-corrected chi connectivity index (χ3v) is 14.5. The van der Waals surface area contributed by atoms with Crippen LogP contribution in [0.25, 0.3) is 0 Å². The monoisotopic (exact) mass is 448 g/mol. The molecule has 0 aromatic heterocycles. The number of hydrogen-bond acceptors (Lipinski definition) is 1. The van der Waals surface area contributed by atoms with E-state index < -0.39 is 25.9 Å². The van der Waals surface area contributed by atoms with Gasteiger partial charge in [-0.15, -0.1) is 24.8 Å². The Labute approximate surface area is 180 Å². The second kappa shape index (κ2) is 9.89. The zero-order valence-corrected chi connectivity index (χ0v) is 21.6. The molecule has 1 nitrogen and oxygen atoms in total. The van der Waals surface area contributed by atoms with E-state index in [1.807, 2.05) is 0 Å². The number of halogens is 2. The number of aryl methyl sites for hydroxylation is 1. The summed E-state index contributed by atoms with van der Waals surface area (Å²) in [7, 11) is -1.55. The van der Waals surface area contributed by atoms with Crippen LogP contribution in [-0.4, -0.2) is 11.9 Å². The van der Waals surface area contributed by atoms with Gasteiger partial charge in [0.15, 0.2) is 0 Å². The predicted octanol–water partition coefficient (Wildman–Crippen LogP) is 6.52. The molecule has 0 amide bonds. The topological polar surface area (TPSA) is 9.23 Å². The normalized spacial score (nSPS) is 13.5. The van der Waals surface area contributed by atoms with Crippen LogP contribution >= 0.6 is 24.8 Å². The summed E-state index contributed by atoms with van der Waals surface area (Å²) < 4.78 is 9.62. The Morgan fingerprint density at radius 1 is 1.08 bits per heavy atom. The van der Waals surface area contributed by atoms with E-state index in [2.05, 4.69) is 91.1 Å². The van der Waals surface area contributed by atoms with Crippen LogP contribution in [0.2, 0.25) is 18.1 Å². The first-order valence-corrected chi connectivity index (χ1v) is 14.1. The third kappa shape index (κ3) is 5.94. The fraction of sp³-hybridized carbons (Fsp3) is 0.476. The number of rotatable bonds is 4. The van der Waals surface area contributed by atoms with Gasteiger partial charge in [-0.1, -0.05) is 0 Å². The average molecular weight is 449 g/mol. The van der Waals surface area contributed by atoms with Gasteiger partial charge in [0, 0.05) is 0 Å². The van der Waals surface area contributed by atoms with Crippen LogP contribution in [0, 0.1) is 6.92 Å². The molecule has 0 N–H and O–H groups in total. The van der Waals surface area contributed by atoms with Crippen molar-refractivity contribution in [3.8, 4) is 5.75 Å². The molecule has 1 aliphatic rings. The summed E-state index contributed by atoms with van der Waals surface area (Å²) in [5, 5.41) is 1.84. The Morgan fingerprint density at radius 2 is 1.69 bits per heavy atom. The molecule has 1 aromatic carbocycles. The molecule has 0 atom stereocenters. The van der Waals surface area contributed by atoms with Crippen molar-refractivity contribution in [1.82, 2.24) is 0 Å². The van der Waals surface area contributed by atoms with E-state index in [1.54, 1.807) is 0 Å². The van der Waals surface area contributed by atoms with Crippen LogP contribution in [0.15, 0.2) is 40.3 Å².